The summed E-state index contributed by atoms with van der Waals surface area (Å²) in [5.74, 6) is -0.435. The van der Waals surface area contributed by atoms with Gasteiger partial charge in [-0.05, 0) is 56.9 Å². The van der Waals surface area contributed by atoms with E-state index in [0.717, 1.165) is 22.3 Å². The molecule has 2 aromatic carbocycles. The first-order valence-electron chi connectivity index (χ1n) is 9.15. The molecule has 0 aliphatic rings. The zero-order chi connectivity index (χ0) is 20.2. The predicted octanol–water partition coefficient (Wildman–Crippen LogP) is 4.70. The first-order chi connectivity index (χ1) is 12.7. The molecule has 0 aromatic heterocycles. The maximum atomic E-state index is 14.0. The molecular weight excluding hydrogens is 359 g/mol. The van der Waals surface area contributed by atoms with Gasteiger partial charge in [-0.15, -0.1) is 0 Å². The highest BCUT2D eigenvalue weighted by Crippen LogP contribution is 2.49. The van der Waals surface area contributed by atoms with Gasteiger partial charge < -0.3 is 9.30 Å². The van der Waals surface area contributed by atoms with Gasteiger partial charge in [0.25, 0.3) is 0 Å². The largest absolute Gasteiger partial charge is 0.466 e. The average molecular weight is 386 g/mol. The van der Waals surface area contributed by atoms with Crippen LogP contribution in [0.25, 0.3) is 0 Å². The van der Waals surface area contributed by atoms with Gasteiger partial charge >= 0.3 is 5.97 Å². The van der Waals surface area contributed by atoms with Crippen molar-refractivity contribution in [3.63, 3.8) is 0 Å². The van der Waals surface area contributed by atoms with Crippen LogP contribution in [0.15, 0.2) is 36.4 Å². The smallest absolute Gasteiger partial charge is 0.306 e. The molecule has 0 bridgehead atoms. The van der Waals surface area contributed by atoms with E-state index in [1.54, 1.807) is 31.2 Å². The minimum absolute atomic E-state index is 0.0273. The molecule has 1 unspecified atom stereocenters. The van der Waals surface area contributed by atoms with E-state index in [-0.39, 0.29) is 24.7 Å². The number of aryl methyl sites for hydroxylation is 2. The lowest BCUT2D eigenvalue weighted by Gasteiger charge is -2.21. The number of hydrogen-bond acceptors (Lipinski definition) is 4. The summed E-state index contributed by atoms with van der Waals surface area (Å²) in [6.45, 7) is 9.71. The van der Waals surface area contributed by atoms with Gasteiger partial charge in [0.1, 0.15) is 0 Å². The van der Waals surface area contributed by atoms with Crippen molar-refractivity contribution in [3.05, 3.63) is 64.2 Å². The summed E-state index contributed by atoms with van der Waals surface area (Å²) in [6, 6.07) is 10.7. The normalized spacial score (nSPS) is 13.1. The maximum absolute atomic E-state index is 14.0. The molecule has 5 heteroatoms. The van der Waals surface area contributed by atoms with E-state index in [2.05, 4.69) is 0 Å². The number of hydrogen-bond donors (Lipinski definition) is 0. The molecule has 0 aliphatic carbocycles. The minimum atomic E-state index is -3.49. The van der Waals surface area contributed by atoms with Gasteiger partial charge in [-0.2, -0.15) is 0 Å². The van der Waals surface area contributed by atoms with Crippen molar-refractivity contribution in [1.82, 2.24) is 0 Å². The van der Waals surface area contributed by atoms with Crippen LogP contribution in [0.3, 0.4) is 0 Å². The first kappa shape index (κ1) is 21.1. The molecule has 0 aliphatic heterocycles. The quantitative estimate of drug-likeness (QED) is 0.511. The highest BCUT2D eigenvalue weighted by Gasteiger charge is 2.36. The van der Waals surface area contributed by atoms with Crippen LogP contribution in [-0.4, -0.2) is 24.3 Å². The Balaban J connectivity index is 2.55. The number of rotatable bonds is 7. The van der Waals surface area contributed by atoms with E-state index >= 15 is 0 Å². The van der Waals surface area contributed by atoms with Crippen molar-refractivity contribution in [3.8, 4) is 0 Å². The number of esters is 1. The van der Waals surface area contributed by atoms with Crippen LogP contribution in [0.1, 0.15) is 46.0 Å². The summed E-state index contributed by atoms with van der Waals surface area (Å²) in [5, 5.41) is 0.483. The van der Waals surface area contributed by atoms with E-state index in [4.69, 9.17) is 4.74 Å². The number of carbonyl (C=O) groups excluding carboxylic acids is 2. The molecule has 2 aromatic rings. The van der Waals surface area contributed by atoms with E-state index < -0.39 is 13.1 Å². The molecule has 0 heterocycles. The summed E-state index contributed by atoms with van der Waals surface area (Å²) in [5.41, 5.74) is 3.92. The SMILES string of the molecule is CCOC(=O)CCP(=O)(C(=O)c1c(C)cc(C)c(C)c1C)c1ccccc1. The van der Waals surface area contributed by atoms with Crippen LogP contribution in [0.4, 0.5) is 0 Å². The Morgan fingerprint density at radius 2 is 1.59 bits per heavy atom. The fraction of sp³-hybridized carbons (Fsp3) is 0.364. The van der Waals surface area contributed by atoms with Gasteiger partial charge in [0.2, 0.25) is 5.52 Å². The highest BCUT2D eigenvalue weighted by molar-refractivity contribution is 7.87. The Morgan fingerprint density at radius 3 is 2.19 bits per heavy atom. The van der Waals surface area contributed by atoms with Crippen molar-refractivity contribution < 1.29 is 18.9 Å². The molecular formula is C22H27O4P. The lowest BCUT2D eigenvalue weighted by Crippen LogP contribution is -2.20. The van der Waals surface area contributed by atoms with E-state index in [9.17, 15) is 14.2 Å². The van der Waals surface area contributed by atoms with Crippen LogP contribution in [0.2, 0.25) is 0 Å². The lowest BCUT2D eigenvalue weighted by molar-refractivity contribution is -0.142. The first-order valence-corrected chi connectivity index (χ1v) is 11.0. The maximum Gasteiger partial charge on any atom is 0.306 e. The van der Waals surface area contributed by atoms with Crippen molar-refractivity contribution in [2.75, 3.05) is 12.8 Å². The van der Waals surface area contributed by atoms with Crippen LogP contribution >= 0.6 is 7.14 Å². The second-order valence-electron chi connectivity index (χ2n) is 6.79. The summed E-state index contributed by atoms with van der Waals surface area (Å²) in [6.07, 6.45) is -0.0742. The van der Waals surface area contributed by atoms with Gasteiger partial charge in [0.05, 0.1) is 13.0 Å². The van der Waals surface area contributed by atoms with Gasteiger partial charge in [-0.1, -0.05) is 36.4 Å². The molecule has 0 spiro atoms. The fourth-order valence-electron chi connectivity index (χ4n) is 3.29. The molecule has 27 heavy (non-hydrogen) atoms. The molecule has 0 saturated heterocycles. The van der Waals surface area contributed by atoms with Crippen LogP contribution < -0.4 is 5.30 Å². The fourth-order valence-corrected chi connectivity index (χ4v) is 5.84. The Morgan fingerprint density at radius 1 is 0.963 bits per heavy atom. The van der Waals surface area contributed by atoms with Crippen molar-refractivity contribution >= 4 is 23.9 Å². The van der Waals surface area contributed by atoms with Crippen LogP contribution in [0, 0.1) is 27.7 Å². The third kappa shape index (κ3) is 4.39. The van der Waals surface area contributed by atoms with Crippen LogP contribution in [-0.2, 0) is 14.1 Å². The summed E-state index contributed by atoms with van der Waals surface area (Å²) < 4.78 is 18.9. The van der Waals surface area contributed by atoms with Crippen molar-refractivity contribution in [1.29, 1.82) is 0 Å². The van der Waals surface area contributed by atoms with E-state index in [1.807, 2.05) is 39.8 Å². The zero-order valence-corrected chi connectivity index (χ0v) is 17.6. The Labute approximate surface area is 161 Å². The third-order valence-electron chi connectivity index (χ3n) is 5.01. The molecule has 0 fully saturated rings. The molecule has 1 atom stereocenters. The topological polar surface area (TPSA) is 60.4 Å². The summed E-state index contributed by atoms with van der Waals surface area (Å²) >= 11 is 0. The monoisotopic (exact) mass is 386 g/mol. The van der Waals surface area contributed by atoms with Crippen molar-refractivity contribution in [2.45, 2.75) is 41.0 Å². The molecule has 0 N–H and O–H groups in total. The van der Waals surface area contributed by atoms with Gasteiger partial charge in [-0.3, -0.25) is 9.59 Å². The second kappa shape index (κ2) is 8.67. The van der Waals surface area contributed by atoms with Crippen LogP contribution in [0.5, 0.6) is 0 Å². The second-order valence-corrected chi connectivity index (χ2v) is 9.64. The van der Waals surface area contributed by atoms with Crippen molar-refractivity contribution in [2.24, 2.45) is 0 Å². The molecule has 4 nitrogen and oxygen atoms in total. The van der Waals surface area contributed by atoms with Gasteiger partial charge in [-0.25, -0.2) is 0 Å². The molecule has 0 radical (unpaired) electrons. The number of ether oxygens (including phenoxy) is 1. The molecule has 2 rings (SSSR count). The molecule has 0 saturated carbocycles. The Hall–Kier alpha value is -2.19. The highest BCUT2D eigenvalue weighted by atomic mass is 31.2. The summed E-state index contributed by atoms with van der Waals surface area (Å²) in [4.78, 5) is 25.4. The Kier molecular flexibility index (Phi) is 6.78. The zero-order valence-electron chi connectivity index (χ0n) is 16.7. The molecule has 144 valence electrons. The number of carbonyl (C=O) groups is 2. The predicted molar refractivity (Wildman–Crippen MR) is 110 cm³/mol. The molecule has 0 amide bonds. The average Bonchev–Trinajstić information content (AvgIpc) is 2.65. The number of benzene rings is 2. The standard InChI is InChI=1S/C22H27O4P/c1-6-26-20(23)12-13-27(25,19-10-8-7-9-11-19)22(24)21-16(3)14-15(2)17(4)18(21)5/h7-11,14H,6,12-13H2,1-5H3. The van der Waals surface area contributed by atoms with E-state index in [1.165, 1.54) is 0 Å². The van der Waals surface area contributed by atoms with Gasteiger partial charge in [0, 0.05) is 17.0 Å². The lowest BCUT2D eigenvalue weighted by atomic mass is 9.95. The minimum Gasteiger partial charge on any atom is -0.466 e. The van der Waals surface area contributed by atoms with Gasteiger partial charge in [0.15, 0.2) is 7.14 Å². The Bertz CT molecular complexity index is 900. The third-order valence-corrected chi connectivity index (χ3v) is 7.87. The summed E-state index contributed by atoms with van der Waals surface area (Å²) in [7, 11) is -3.49. The van der Waals surface area contributed by atoms with E-state index in [0.29, 0.717) is 10.9 Å².